The summed E-state index contributed by atoms with van der Waals surface area (Å²) < 4.78 is 10.0. The summed E-state index contributed by atoms with van der Waals surface area (Å²) in [5.41, 5.74) is 2.09. The number of ether oxygens (including phenoxy) is 2. The predicted molar refractivity (Wildman–Crippen MR) is 62.2 cm³/mol. The number of aryl methyl sites for hydroxylation is 1. The lowest BCUT2D eigenvalue weighted by molar-refractivity contribution is 0.177. The molecule has 2 rings (SSSR count). The van der Waals surface area contributed by atoms with Crippen LogP contribution in [0.15, 0.2) is 18.2 Å². The maximum absolute atomic E-state index is 10.9. The molecule has 1 atom stereocenters. The summed E-state index contributed by atoms with van der Waals surface area (Å²) in [5, 5.41) is 2.73. The van der Waals surface area contributed by atoms with Crippen molar-refractivity contribution in [2.45, 2.75) is 13.0 Å². The third kappa shape index (κ3) is 2.39. The maximum Gasteiger partial charge on any atom is 0.407 e. The van der Waals surface area contributed by atoms with Crippen LogP contribution in [0, 0.1) is 6.92 Å². The minimum Gasteiger partial charge on any atom is -0.496 e. The Hall–Kier alpha value is -1.42. The molecule has 4 nitrogen and oxygen atoms in total. The number of hydrogen-bond acceptors (Lipinski definition) is 3. The highest BCUT2D eigenvalue weighted by atomic mass is 35.5. The number of cyclic esters (lactones) is 1. The van der Waals surface area contributed by atoms with Gasteiger partial charge in [0.15, 0.2) is 0 Å². The highest BCUT2D eigenvalue weighted by Crippen LogP contribution is 2.24. The standard InChI is InChI=1S/C11H13NO3.ClH/c1-7-5-8(3-4-10(7)14-2)9-6-15-11(13)12-9;/h3-5,9H,6H2,1-2H3,(H,12,13);1H/t9-;/m1./s1. The number of benzene rings is 1. The molecule has 1 aromatic rings. The molecule has 1 N–H and O–H groups in total. The van der Waals surface area contributed by atoms with E-state index in [2.05, 4.69) is 5.32 Å². The van der Waals surface area contributed by atoms with Gasteiger partial charge in [0.2, 0.25) is 0 Å². The summed E-state index contributed by atoms with van der Waals surface area (Å²) in [6.45, 7) is 2.37. The molecule has 1 aromatic carbocycles. The van der Waals surface area contributed by atoms with Crippen molar-refractivity contribution in [1.29, 1.82) is 0 Å². The van der Waals surface area contributed by atoms with Gasteiger partial charge in [-0.15, -0.1) is 12.4 Å². The Morgan fingerprint density at radius 2 is 2.25 bits per heavy atom. The fourth-order valence-electron chi connectivity index (χ4n) is 1.68. The fourth-order valence-corrected chi connectivity index (χ4v) is 1.68. The Labute approximate surface area is 100 Å². The van der Waals surface area contributed by atoms with Gasteiger partial charge in [-0.05, 0) is 24.1 Å². The van der Waals surface area contributed by atoms with Crippen LogP contribution < -0.4 is 10.1 Å². The van der Waals surface area contributed by atoms with Crippen molar-refractivity contribution < 1.29 is 14.3 Å². The van der Waals surface area contributed by atoms with Gasteiger partial charge in [-0.25, -0.2) is 4.79 Å². The van der Waals surface area contributed by atoms with E-state index in [-0.39, 0.29) is 24.5 Å². The first-order valence-corrected chi connectivity index (χ1v) is 4.78. The first-order chi connectivity index (χ1) is 7.20. The largest absolute Gasteiger partial charge is 0.496 e. The first-order valence-electron chi connectivity index (χ1n) is 4.78. The van der Waals surface area contributed by atoms with Crippen LogP contribution >= 0.6 is 12.4 Å². The van der Waals surface area contributed by atoms with E-state index in [1.165, 1.54) is 0 Å². The van der Waals surface area contributed by atoms with E-state index >= 15 is 0 Å². The molecule has 1 fully saturated rings. The van der Waals surface area contributed by atoms with Crippen LogP contribution in [0.4, 0.5) is 4.79 Å². The number of halogens is 1. The lowest BCUT2D eigenvalue weighted by atomic mass is 10.0. The summed E-state index contributed by atoms with van der Waals surface area (Å²) >= 11 is 0. The van der Waals surface area contributed by atoms with Crippen molar-refractivity contribution in [2.75, 3.05) is 13.7 Å². The van der Waals surface area contributed by atoms with Gasteiger partial charge in [0.1, 0.15) is 12.4 Å². The van der Waals surface area contributed by atoms with Crippen molar-refractivity contribution in [2.24, 2.45) is 0 Å². The number of hydrogen-bond donors (Lipinski definition) is 1. The SMILES string of the molecule is COc1ccc([C@H]2COC(=O)N2)cc1C.Cl. The normalized spacial score (nSPS) is 18.4. The Kier molecular flexibility index (Phi) is 4.01. The lowest BCUT2D eigenvalue weighted by Crippen LogP contribution is -2.18. The molecule has 0 spiro atoms. The van der Waals surface area contributed by atoms with Crippen LogP contribution in [-0.2, 0) is 4.74 Å². The van der Waals surface area contributed by atoms with Gasteiger partial charge in [0, 0.05) is 0 Å². The van der Waals surface area contributed by atoms with E-state index in [4.69, 9.17) is 9.47 Å². The van der Waals surface area contributed by atoms with E-state index in [1.807, 2.05) is 25.1 Å². The van der Waals surface area contributed by atoms with Gasteiger partial charge in [-0.3, -0.25) is 0 Å². The highest BCUT2D eigenvalue weighted by molar-refractivity contribution is 5.85. The minimum atomic E-state index is -0.353. The molecule has 0 bridgehead atoms. The van der Waals surface area contributed by atoms with Gasteiger partial charge in [-0.2, -0.15) is 0 Å². The lowest BCUT2D eigenvalue weighted by Gasteiger charge is -2.10. The molecule has 0 aliphatic carbocycles. The molecule has 1 heterocycles. The third-order valence-electron chi connectivity index (χ3n) is 2.49. The molecule has 0 unspecified atom stereocenters. The highest BCUT2D eigenvalue weighted by Gasteiger charge is 2.23. The molecule has 88 valence electrons. The third-order valence-corrected chi connectivity index (χ3v) is 2.49. The van der Waals surface area contributed by atoms with Crippen LogP contribution in [0.1, 0.15) is 17.2 Å². The van der Waals surface area contributed by atoms with E-state index < -0.39 is 0 Å². The molecular weight excluding hydrogens is 230 g/mol. The molecule has 1 aliphatic rings. The molecule has 0 aromatic heterocycles. The zero-order valence-electron chi connectivity index (χ0n) is 9.15. The molecule has 16 heavy (non-hydrogen) atoms. The van der Waals surface area contributed by atoms with Crippen molar-refractivity contribution >= 4 is 18.5 Å². The number of nitrogens with one attached hydrogen (secondary N) is 1. The van der Waals surface area contributed by atoms with Crippen LogP contribution in [0.3, 0.4) is 0 Å². The van der Waals surface area contributed by atoms with Crippen LogP contribution in [0.25, 0.3) is 0 Å². The monoisotopic (exact) mass is 243 g/mol. The van der Waals surface area contributed by atoms with Crippen LogP contribution in [-0.4, -0.2) is 19.8 Å². The van der Waals surface area contributed by atoms with Gasteiger partial charge < -0.3 is 14.8 Å². The average Bonchev–Trinajstić information content (AvgIpc) is 2.65. The number of carbonyl (C=O) groups excluding carboxylic acids is 1. The fraction of sp³-hybridized carbons (Fsp3) is 0.364. The summed E-state index contributed by atoms with van der Waals surface area (Å²) in [4.78, 5) is 10.9. The topological polar surface area (TPSA) is 47.6 Å². The molecule has 5 heteroatoms. The Balaban J connectivity index is 0.00000128. The molecule has 0 saturated carbocycles. The van der Waals surface area contributed by atoms with Gasteiger partial charge >= 0.3 is 6.09 Å². The molecule has 0 radical (unpaired) electrons. The van der Waals surface area contributed by atoms with E-state index in [1.54, 1.807) is 7.11 Å². The number of carbonyl (C=O) groups is 1. The smallest absolute Gasteiger partial charge is 0.407 e. The number of rotatable bonds is 2. The quantitative estimate of drug-likeness (QED) is 0.866. The second-order valence-corrected chi connectivity index (χ2v) is 3.52. The van der Waals surface area contributed by atoms with Crippen LogP contribution in [0.5, 0.6) is 5.75 Å². The summed E-state index contributed by atoms with van der Waals surface area (Å²) in [5.74, 6) is 0.851. The number of amides is 1. The Morgan fingerprint density at radius 3 is 2.75 bits per heavy atom. The van der Waals surface area contributed by atoms with Crippen molar-refractivity contribution in [3.05, 3.63) is 29.3 Å². The minimum absolute atomic E-state index is 0. The van der Waals surface area contributed by atoms with Crippen molar-refractivity contribution in [3.8, 4) is 5.75 Å². The zero-order chi connectivity index (χ0) is 10.8. The van der Waals surface area contributed by atoms with E-state index in [9.17, 15) is 4.79 Å². The van der Waals surface area contributed by atoms with Crippen molar-refractivity contribution in [3.63, 3.8) is 0 Å². The summed E-state index contributed by atoms with van der Waals surface area (Å²) in [6.07, 6.45) is -0.353. The Bertz CT molecular complexity index is 395. The molecule has 1 amide bonds. The molecular formula is C11H14ClNO3. The molecule has 1 saturated heterocycles. The average molecular weight is 244 g/mol. The van der Waals surface area contributed by atoms with Crippen LogP contribution in [0.2, 0.25) is 0 Å². The maximum atomic E-state index is 10.9. The molecule has 1 aliphatic heterocycles. The number of methoxy groups -OCH3 is 1. The number of alkyl carbamates (subject to hydrolysis) is 1. The zero-order valence-corrected chi connectivity index (χ0v) is 9.97. The predicted octanol–water partition coefficient (Wildman–Crippen LogP) is 2.21. The van der Waals surface area contributed by atoms with Gasteiger partial charge in [0.25, 0.3) is 0 Å². The second kappa shape index (κ2) is 5.07. The summed E-state index contributed by atoms with van der Waals surface area (Å²) in [6, 6.07) is 5.79. The van der Waals surface area contributed by atoms with E-state index in [0.29, 0.717) is 6.61 Å². The van der Waals surface area contributed by atoms with Gasteiger partial charge in [-0.1, -0.05) is 12.1 Å². The summed E-state index contributed by atoms with van der Waals surface area (Å²) in [7, 11) is 1.64. The van der Waals surface area contributed by atoms with Crippen molar-refractivity contribution in [1.82, 2.24) is 5.32 Å². The van der Waals surface area contributed by atoms with E-state index in [0.717, 1.165) is 16.9 Å². The first kappa shape index (κ1) is 12.6. The van der Waals surface area contributed by atoms with Gasteiger partial charge in [0.05, 0.1) is 13.2 Å². The Morgan fingerprint density at radius 1 is 1.50 bits per heavy atom. The second-order valence-electron chi connectivity index (χ2n) is 3.52.